The van der Waals surface area contributed by atoms with Crippen LogP contribution in [0.25, 0.3) is 0 Å². The number of nitrogens with zero attached hydrogens (tertiary/aromatic N) is 2. The Balaban J connectivity index is 1.26. The number of amides is 2. The lowest BCUT2D eigenvalue weighted by Gasteiger charge is -2.29. The number of benzene rings is 2. The summed E-state index contributed by atoms with van der Waals surface area (Å²) in [6.45, 7) is 2.09. The fraction of sp³-hybridized carbons (Fsp3) is 0.200. The van der Waals surface area contributed by atoms with Crippen LogP contribution in [0.4, 0.5) is 5.69 Å². The van der Waals surface area contributed by atoms with Gasteiger partial charge in [-0.3, -0.25) is 24.3 Å². The molecule has 198 valence electrons. The monoisotopic (exact) mass is 525 g/mol. The van der Waals surface area contributed by atoms with Crippen molar-refractivity contribution in [3.63, 3.8) is 0 Å². The van der Waals surface area contributed by atoms with Crippen molar-refractivity contribution in [1.29, 1.82) is 0 Å². The Hall–Kier alpha value is -4.92. The van der Waals surface area contributed by atoms with E-state index in [2.05, 4.69) is 17.2 Å². The quantitative estimate of drug-likeness (QED) is 0.306. The van der Waals surface area contributed by atoms with E-state index in [0.29, 0.717) is 28.5 Å². The van der Waals surface area contributed by atoms with Gasteiger partial charge in [-0.1, -0.05) is 25.1 Å². The molecule has 0 fully saturated rings. The number of Topliss-reactive ketones (excluding diaryl/α,β-unsaturated/α-hetero) is 1. The highest BCUT2D eigenvalue weighted by molar-refractivity contribution is 6.02. The number of ether oxygens (including phenoxy) is 2. The smallest absolute Gasteiger partial charge is 0.287 e. The molecular weight excluding hydrogens is 498 g/mol. The molecule has 0 spiro atoms. The molecule has 0 aliphatic carbocycles. The molecule has 2 aromatic carbocycles. The van der Waals surface area contributed by atoms with Crippen LogP contribution >= 0.6 is 0 Å². The van der Waals surface area contributed by atoms with Gasteiger partial charge in [0.1, 0.15) is 17.3 Å². The summed E-state index contributed by atoms with van der Waals surface area (Å²) in [6, 6.07) is 21.2. The molecule has 1 N–H and O–H groups in total. The van der Waals surface area contributed by atoms with Gasteiger partial charge in [-0.05, 0) is 66.6 Å². The molecule has 3 heterocycles. The van der Waals surface area contributed by atoms with Gasteiger partial charge in [-0.25, -0.2) is 0 Å². The predicted octanol–water partition coefficient (Wildman–Crippen LogP) is 4.35. The normalized spacial score (nSPS) is 12.4. The van der Waals surface area contributed by atoms with Crippen LogP contribution in [0, 0.1) is 0 Å². The summed E-state index contributed by atoms with van der Waals surface area (Å²) >= 11 is 0. The summed E-state index contributed by atoms with van der Waals surface area (Å²) in [5.41, 5.74) is 2.67. The Kier molecular flexibility index (Phi) is 7.68. The second-order valence-corrected chi connectivity index (χ2v) is 8.93. The molecule has 0 saturated carbocycles. The molecule has 0 bridgehead atoms. The number of aromatic nitrogens is 1. The predicted molar refractivity (Wildman–Crippen MR) is 143 cm³/mol. The van der Waals surface area contributed by atoms with Crippen molar-refractivity contribution in [3.05, 3.63) is 107 Å². The third-order valence-corrected chi connectivity index (χ3v) is 6.26. The van der Waals surface area contributed by atoms with Crippen LogP contribution in [0.1, 0.15) is 44.9 Å². The summed E-state index contributed by atoms with van der Waals surface area (Å²) in [5.74, 6) is 0.712. The number of aryl methyl sites for hydroxylation is 1. The van der Waals surface area contributed by atoms with Crippen LogP contribution in [-0.4, -0.2) is 35.8 Å². The highest BCUT2D eigenvalue weighted by atomic mass is 16.5. The summed E-state index contributed by atoms with van der Waals surface area (Å²) < 4.78 is 17.0. The third-order valence-electron chi connectivity index (χ3n) is 6.26. The number of nitrogens with one attached hydrogen (secondary N) is 1. The second kappa shape index (κ2) is 11.6. The zero-order valence-electron chi connectivity index (χ0n) is 21.4. The molecular formula is C30H27N3O6. The molecule has 2 amide bonds. The number of anilines is 1. The molecule has 4 aromatic rings. The van der Waals surface area contributed by atoms with E-state index in [9.17, 15) is 14.4 Å². The van der Waals surface area contributed by atoms with Crippen molar-refractivity contribution < 1.29 is 28.3 Å². The van der Waals surface area contributed by atoms with E-state index in [1.807, 2.05) is 36.4 Å². The first kappa shape index (κ1) is 25.7. The summed E-state index contributed by atoms with van der Waals surface area (Å²) in [5, 5.41) is 2.76. The van der Waals surface area contributed by atoms with Gasteiger partial charge in [-0.15, -0.1) is 0 Å². The molecule has 0 atom stereocenters. The number of pyridine rings is 1. The van der Waals surface area contributed by atoms with Gasteiger partial charge < -0.3 is 19.2 Å². The Labute approximate surface area is 225 Å². The third kappa shape index (κ3) is 6.15. The van der Waals surface area contributed by atoms with Crippen molar-refractivity contribution in [3.8, 4) is 11.5 Å². The van der Waals surface area contributed by atoms with Crippen LogP contribution < -0.4 is 19.7 Å². The standard InChI is InChI=1S/C30H27N3O6/c1-2-20-6-5-8-23(14-20)37-18-26(34)21-9-11-27-25(15-21)33(29(35)19-38-27)17-24-10-12-28(39-24)30(36)32-16-22-7-3-4-13-31-22/h3-15H,2,16-19H2,1H3,(H,32,36). The van der Waals surface area contributed by atoms with Gasteiger partial charge in [0, 0.05) is 11.8 Å². The lowest BCUT2D eigenvalue weighted by Crippen LogP contribution is -2.38. The van der Waals surface area contributed by atoms with Crippen LogP contribution in [0.15, 0.2) is 83.4 Å². The molecule has 39 heavy (non-hydrogen) atoms. The number of hydrogen-bond acceptors (Lipinski definition) is 7. The number of carbonyl (C=O) groups excluding carboxylic acids is 3. The van der Waals surface area contributed by atoms with Crippen LogP contribution in [-0.2, 0) is 24.3 Å². The number of carbonyl (C=O) groups is 3. The average molecular weight is 526 g/mol. The minimum absolute atomic E-state index is 0.0701. The average Bonchev–Trinajstić information content (AvgIpc) is 3.45. The van der Waals surface area contributed by atoms with E-state index < -0.39 is 5.91 Å². The number of fused-ring (bicyclic) bond motifs is 1. The Bertz CT molecular complexity index is 1500. The molecule has 0 radical (unpaired) electrons. The first-order chi connectivity index (χ1) is 19.0. The maximum absolute atomic E-state index is 12.9. The Morgan fingerprint density at radius 1 is 1.05 bits per heavy atom. The largest absolute Gasteiger partial charge is 0.485 e. The fourth-order valence-electron chi connectivity index (χ4n) is 4.14. The minimum Gasteiger partial charge on any atom is -0.485 e. The van der Waals surface area contributed by atoms with Crippen molar-refractivity contribution in [2.45, 2.75) is 26.4 Å². The first-order valence-corrected chi connectivity index (χ1v) is 12.6. The van der Waals surface area contributed by atoms with Gasteiger partial charge in [0.15, 0.2) is 24.8 Å². The first-order valence-electron chi connectivity index (χ1n) is 12.6. The maximum Gasteiger partial charge on any atom is 0.287 e. The number of ketones is 1. The van der Waals surface area contributed by atoms with Crippen LogP contribution in [0.5, 0.6) is 11.5 Å². The number of hydrogen-bond donors (Lipinski definition) is 1. The van der Waals surface area contributed by atoms with Crippen molar-refractivity contribution >= 4 is 23.3 Å². The molecule has 0 saturated heterocycles. The maximum atomic E-state index is 12.9. The molecule has 9 heteroatoms. The van der Waals surface area contributed by atoms with E-state index in [1.165, 1.54) is 4.90 Å². The van der Waals surface area contributed by atoms with Gasteiger partial charge in [0.25, 0.3) is 11.8 Å². The molecule has 5 rings (SSSR count). The fourth-order valence-corrected chi connectivity index (χ4v) is 4.14. The SMILES string of the molecule is CCc1cccc(OCC(=O)c2ccc3c(c2)N(Cc2ccc(C(=O)NCc4ccccn4)o2)C(=O)CO3)c1. The van der Waals surface area contributed by atoms with Gasteiger partial charge in [0.05, 0.1) is 24.5 Å². The topological polar surface area (TPSA) is 111 Å². The van der Waals surface area contributed by atoms with Gasteiger partial charge in [0.2, 0.25) is 0 Å². The minimum atomic E-state index is -0.391. The Morgan fingerprint density at radius 3 is 2.77 bits per heavy atom. The van der Waals surface area contributed by atoms with E-state index in [4.69, 9.17) is 13.9 Å². The van der Waals surface area contributed by atoms with Crippen molar-refractivity contribution in [2.75, 3.05) is 18.1 Å². The summed E-state index contributed by atoms with van der Waals surface area (Å²) in [4.78, 5) is 43.9. The number of rotatable bonds is 10. The summed E-state index contributed by atoms with van der Waals surface area (Å²) in [6.07, 6.45) is 2.52. The molecule has 9 nitrogen and oxygen atoms in total. The Morgan fingerprint density at radius 2 is 1.95 bits per heavy atom. The van der Waals surface area contributed by atoms with E-state index in [1.54, 1.807) is 42.6 Å². The highest BCUT2D eigenvalue weighted by Gasteiger charge is 2.28. The number of furan rings is 1. The van der Waals surface area contributed by atoms with E-state index in [0.717, 1.165) is 17.7 Å². The lowest BCUT2D eigenvalue weighted by atomic mass is 10.1. The van der Waals surface area contributed by atoms with Gasteiger partial charge in [-0.2, -0.15) is 0 Å². The molecule has 1 aliphatic rings. The van der Waals surface area contributed by atoms with Crippen LogP contribution in [0.2, 0.25) is 0 Å². The zero-order chi connectivity index (χ0) is 27.2. The zero-order valence-corrected chi connectivity index (χ0v) is 21.4. The van der Waals surface area contributed by atoms with Crippen LogP contribution in [0.3, 0.4) is 0 Å². The van der Waals surface area contributed by atoms with E-state index >= 15 is 0 Å². The van der Waals surface area contributed by atoms with Gasteiger partial charge >= 0.3 is 0 Å². The highest BCUT2D eigenvalue weighted by Crippen LogP contribution is 2.34. The molecule has 2 aromatic heterocycles. The summed E-state index contributed by atoms with van der Waals surface area (Å²) in [7, 11) is 0. The van der Waals surface area contributed by atoms with Crippen molar-refractivity contribution in [1.82, 2.24) is 10.3 Å². The molecule has 1 aliphatic heterocycles. The van der Waals surface area contributed by atoms with Crippen molar-refractivity contribution in [2.24, 2.45) is 0 Å². The lowest BCUT2D eigenvalue weighted by molar-refractivity contribution is -0.121. The van der Waals surface area contributed by atoms with E-state index in [-0.39, 0.29) is 43.8 Å². The second-order valence-electron chi connectivity index (χ2n) is 8.93. The molecule has 0 unspecified atom stereocenters.